The summed E-state index contributed by atoms with van der Waals surface area (Å²) >= 11 is 0. The van der Waals surface area contributed by atoms with Gasteiger partial charge in [0.25, 0.3) is 0 Å². The first kappa shape index (κ1) is 11.3. The van der Waals surface area contributed by atoms with E-state index in [-0.39, 0.29) is 0 Å². The Morgan fingerprint density at radius 3 is 2.89 bits per heavy atom. The van der Waals surface area contributed by atoms with Gasteiger partial charge in [-0.1, -0.05) is 0 Å². The first-order chi connectivity index (χ1) is 8.74. The van der Waals surface area contributed by atoms with E-state index in [1.165, 1.54) is 12.8 Å². The lowest BCUT2D eigenvalue weighted by molar-refractivity contribution is 0.311. The largest absolute Gasteiger partial charge is 0.298 e. The third-order valence-corrected chi connectivity index (χ3v) is 3.46. The Hall–Kier alpha value is -1.75. The van der Waals surface area contributed by atoms with Gasteiger partial charge in [-0.3, -0.25) is 9.47 Å². The predicted octanol–water partition coefficient (Wildman–Crippen LogP) is 1.74. The molecule has 1 fully saturated rings. The van der Waals surface area contributed by atoms with E-state index in [2.05, 4.69) is 33.0 Å². The molecular formula is C13H17N5. The number of hydrogen-bond donors (Lipinski definition) is 0. The van der Waals surface area contributed by atoms with E-state index in [1.54, 1.807) is 12.5 Å². The van der Waals surface area contributed by atoms with Crippen molar-refractivity contribution in [1.82, 2.24) is 24.4 Å². The lowest BCUT2D eigenvalue weighted by atomic mass is 10.1. The molecule has 0 N–H and O–H groups in total. The first-order valence-corrected chi connectivity index (χ1v) is 6.28. The summed E-state index contributed by atoms with van der Waals surface area (Å²) < 4.78 is 1.85. The lowest BCUT2D eigenvalue weighted by Gasteiger charge is -2.19. The molecule has 5 nitrogen and oxygen atoms in total. The molecule has 2 aromatic heterocycles. The van der Waals surface area contributed by atoms with Crippen molar-refractivity contribution in [3.8, 4) is 5.95 Å². The normalized spacial score (nSPS) is 20.4. The van der Waals surface area contributed by atoms with Gasteiger partial charge in [-0.15, -0.1) is 0 Å². The van der Waals surface area contributed by atoms with Crippen LogP contribution in [0, 0.1) is 6.92 Å². The summed E-state index contributed by atoms with van der Waals surface area (Å²) in [5, 5.41) is 0. The summed E-state index contributed by atoms with van der Waals surface area (Å²) in [6.07, 6.45) is 7.77. The second kappa shape index (κ2) is 4.49. The molecular weight excluding hydrogens is 226 g/mol. The third kappa shape index (κ3) is 2.01. The standard InChI is InChI=1S/C13H17N5/c1-10-8-11(12-4-3-6-17(12)2)16-13(15-10)18-7-5-14-9-18/h5,7-9,12H,3-4,6H2,1-2H3. The van der Waals surface area contributed by atoms with Crippen molar-refractivity contribution in [1.29, 1.82) is 0 Å². The fourth-order valence-electron chi connectivity index (χ4n) is 2.52. The van der Waals surface area contributed by atoms with Crippen LogP contribution in [-0.2, 0) is 0 Å². The van der Waals surface area contributed by atoms with Crippen molar-refractivity contribution in [2.75, 3.05) is 13.6 Å². The number of nitrogens with zero attached hydrogens (tertiary/aromatic N) is 5. The topological polar surface area (TPSA) is 46.8 Å². The molecule has 3 heterocycles. The maximum Gasteiger partial charge on any atom is 0.235 e. The summed E-state index contributed by atoms with van der Waals surface area (Å²) in [5.74, 6) is 0.711. The Morgan fingerprint density at radius 1 is 1.33 bits per heavy atom. The molecule has 3 rings (SSSR count). The minimum absolute atomic E-state index is 0.425. The molecule has 1 atom stereocenters. The minimum atomic E-state index is 0.425. The van der Waals surface area contributed by atoms with Crippen LogP contribution < -0.4 is 0 Å². The van der Waals surface area contributed by atoms with E-state index in [4.69, 9.17) is 0 Å². The van der Waals surface area contributed by atoms with Crippen molar-refractivity contribution in [3.63, 3.8) is 0 Å². The maximum absolute atomic E-state index is 4.68. The van der Waals surface area contributed by atoms with Crippen LogP contribution >= 0.6 is 0 Å². The molecule has 0 spiro atoms. The molecule has 0 aromatic carbocycles. The Kier molecular flexibility index (Phi) is 2.83. The van der Waals surface area contributed by atoms with Gasteiger partial charge < -0.3 is 0 Å². The zero-order chi connectivity index (χ0) is 12.5. The van der Waals surface area contributed by atoms with Crippen LogP contribution in [0.5, 0.6) is 0 Å². The van der Waals surface area contributed by atoms with E-state index in [0.29, 0.717) is 12.0 Å². The van der Waals surface area contributed by atoms with Gasteiger partial charge in [0.1, 0.15) is 6.33 Å². The highest BCUT2D eigenvalue weighted by Gasteiger charge is 2.24. The van der Waals surface area contributed by atoms with Crippen LogP contribution in [0.15, 0.2) is 24.8 Å². The van der Waals surface area contributed by atoms with Crippen molar-refractivity contribution in [2.24, 2.45) is 0 Å². The van der Waals surface area contributed by atoms with Crippen LogP contribution in [0.1, 0.15) is 30.3 Å². The minimum Gasteiger partial charge on any atom is -0.298 e. The smallest absolute Gasteiger partial charge is 0.235 e. The number of aromatic nitrogens is 4. The highest BCUT2D eigenvalue weighted by molar-refractivity contribution is 5.21. The predicted molar refractivity (Wildman–Crippen MR) is 68.5 cm³/mol. The van der Waals surface area contributed by atoms with E-state index in [9.17, 15) is 0 Å². The van der Waals surface area contributed by atoms with Crippen LogP contribution in [0.25, 0.3) is 5.95 Å². The highest BCUT2D eigenvalue weighted by atomic mass is 15.2. The zero-order valence-electron chi connectivity index (χ0n) is 10.7. The van der Waals surface area contributed by atoms with Gasteiger partial charge in [0.2, 0.25) is 5.95 Å². The molecule has 2 aromatic rings. The number of likely N-dealkylation sites (tertiary alicyclic amines) is 1. The molecule has 0 radical (unpaired) electrons. The molecule has 0 amide bonds. The molecule has 1 unspecified atom stereocenters. The Labute approximate surface area is 107 Å². The van der Waals surface area contributed by atoms with Crippen molar-refractivity contribution >= 4 is 0 Å². The average molecular weight is 243 g/mol. The maximum atomic E-state index is 4.68. The number of rotatable bonds is 2. The van der Waals surface area contributed by atoms with Gasteiger partial charge in [-0.05, 0) is 39.4 Å². The Bertz CT molecular complexity index is 534. The summed E-state index contributed by atoms with van der Waals surface area (Å²) in [6, 6.07) is 2.52. The molecule has 18 heavy (non-hydrogen) atoms. The van der Waals surface area contributed by atoms with E-state index in [0.717, 1.165) is 17.9 Å². The fourth-order valence-corrected chi connectivity index (χ4v) is 2.52. The molecule has 1 aliphatic heterocycles. The highest BCUT2D eigenvalue weighted by Crippen LogP contribution is 2.29. The fraction of sp³-hybridized carbons (Fsp3) is 0.462. The summed E-state index contributed by atoms with van der Waals surface area (Å²) in [4.78, 5) is 15.5. The van der Waals surface area contributed by atoms with Crippen molar-refractivity contribution in [2.45, 2.75) is 25.8 Å². The second-order valence-corrected chi connectivity index (χ2v) is 4.84. The SMILES string of the molecule is Cc1cc(C2CCCN2C)nc(-n2ccnc2)n1. The Morgan fingerprint density at radius 2 is 2.22 bits per heavy atom. The monoisotopic (exact) mass is 243 g/mol. The average Bonchev–Trinajstić information content (AvgIpc) is 2.98. The van der Waals surface area contributed by atoms with Crippen LogP contribution in [0.2, 0.25) is 0 Å². The molecule has 0 aliphatic carbocycles. The van der Waals surface area contributed by atoms with Crippen LogP contribution in [0.4, 0.5) is 0 Å². The molecule has 1 aliphatic rings. The van der Waals surface area contributed by atoms with Gasteiger partial charge in [-0.2, -0.15) is 0 Å². The molecule has 94 valence electrons. The summed E-state index contributed by atoms with van der Waals surface area (Å²) in [6.45, 7) is 3.16. The van der Waals surface area contributed by atoms with E-state index >= 15 is 0 Å². The van der Waals surface area contributed by atoms with Gasteiger partial charge >= 0.3 is 0 Å². The molecule has 1 saturated heterocycles. The van der Waals surface area contributed by atoms with Crippen molar-refractivity contribution in [3.05, 3.63) is 36.2 Å². The van der Waals surface area contributed by atoms with E-state index in [1.807, 2.05) is 17.7 Å². The third-order valence-electron chi connectivity index (χ3n) is 3.46. The van der Waals surface area contributed by atoms with Crippen LogP contribution in [0.3, 0.4) is 0 Å². The zero-order valence-corrected chi connectivity index (χ0v) is 10.7. The molecule has 0 bridgehead atoms. The first-order valence-electron chi connectivity index (χ1n) is 6.28. The van der Waals surface area contributed by atoms with Gasteiger partial charge in [0.05, 0.1) is 11.7 Å². The quantitative estimate of drug-likeness (QED) is 0.806. The van der Waals surface area contributed by atoms with Gasteiger partial charge in [0, 0.05) is 18.1 Å². The number of aryl methyl sites for hydroxylation is 1. The van der Waals surface area contributed by atoms with E-state index < -0.39 is 0 Å². The van der Waals surface area contributed by atoms with Crippen LogP contribution in [-0.4, -0.2) is 38.0 Å². The molecule has 5 heteroatoms. The second-order valence-electron chi connectivity index (χ2n) is 4.84. The number of hydrogen-bond acceptors (Lipinski definition) is 4. The lowest BCUT2D eigenvalue weighted by Crippen LogP contribution is -2.19. The van der Waals surface area contributed by atoms with Gasteiger partial charge in [-0.25, -0.2) is 15.0 Å². The summed E-state index contributed by atoms with van der Waals surface area (Å²) in [7, 11) is 2.16. The van der Waals surface area contributed by atoms with Crippen molar-refractivity contribution < 1.29 is 0 Å². The summed E-state index contributed by atoms with van der Waals surface area (Å²) in [5.41, 5.74) is 2.12. The number of imidazole rings is 1. The van der Waals surface area contributed by atoms with Gasteiger partial charge in [0.15, 0.2) is 0 Å². The molecule has 0 saturated carbocycles. The Balaban J connectivity index is 2.01.